The molecule has 1 atom stereocenters. The number of nitrogens with zero attached hydrogens (tertiary/aromatic N) is 2. The van der Waals surface area contributed by atoms with E-state index in [1.807, 2.05) is 56.6 Å². The molecule has 0 aliphatic heterocycles. The van der Waals surface area contributed by atoms with E-state index in [0.717, 1.165) is 26.5 Å². The van der Waals surface area contributed by atoms with Gasteiger partial charge in [0, 0.05) is 24.9 Å². The van der Waals surface area contributed by atoms with Crippen molar-refractivity contribution in [3.05, 3.63) is 59.1 Å². The number of aryl methyl sites for hydroxylation is 1. The lowest BCUT2D eigenvalue weighted by Gasteiger charge is -2.26. The minimum atomic E-state index is 0.0380. The number of thiazole rings is 1. The predicted octanol–water partition coefficient (Wildman–Crippen LogP) is 3.66. The van der Waals surface area contributed by atoms with E-state index in [4.69, 9.17) is 4.74 Å². The summed E-state index contributed by atoms with van der Waals surface area (Å²) in [4.78, 5) is 19.0. The summed E-state index contributed by atoms with van der Waals surface area (Å²) in [6.07, 6.45) is 1.10. The number of ether oxygens (including phenoxy) is 1. The summed E-state index contributed by atoms with van der Waals surface area (Å²) in [5.41, 5.74) is 2.07. The highest BCUT2D eigenvalue weighted by molar-refractivity contribution is 7.18. The number of benzene rings is 2. The Labute approximate surface area is 164 Å². The smallest absolute Gasteiger partial charge is 0.220 e. The molecule has 0 saturated heterocycles. The van der Waals surface area contributed by atoms with Crippen LogP contribution >= 0.6 is 11.3 Å². The number of rotatable bonds is 8. The summed E-state index contributed by atoms with van der Waals surface area (Å²) in [5, 5.41) is 4.06. The first-order chi connectivity index (χ1) is 13.1. The van der Waals surface area contributed by atoms with Crippen LogP contribution < -0.4 is 10.1 Å². The summed E-state index contributed by atoms with van der Waals surface area (Å²) in [5.74, 6) is 0.871. The maximum absolute atomic E-state index is 12.4. The molecule has 0 bridgehead atoms. The van der Waals surface area contributed by atoms with Crippen LogP contribution in [0.5, 0.6) is 5.75 Å². The SMILES string of the molecule is COc1ccccc1[C@H](CNC(=O)CCc1nc2ccccc2s1)N(C)C. The number of amides is 1. The van der Waals surface area contributed by atoms with Gasteiger partial charge in [-0.3, -0.25) is 4.79 Å². The van der Waals surface area contributed by atoms with Gasteiger partial charge in [-0.1, -0.05) is 30.3 Å². The lowest BCUT2D eigenvalue weighted by atomic mass is 10.0. The van der Waals surface area contributed by atoms with Gasteiger partial charge in [-0.05, 0) is 32.3 Å². The second-order valence-electron chi connectivity index (χ2n) is 6.60. The quantitative estimate of drug-likeness (QED) is 0.645. The van der Waals surface area contributed by atoms with E-state index in [2.05, 4.69) is 21.3 Å². The second-order valence-corrected chi connectivity index (χ2v) is 7.72. The lowest BCUT2D eigenvalue weighted by Crippen LogP contribution is -2.34. The Bertz CT molecular complexity index is 874. The van der Waals surface area contributed by atoms with Crippen LogP contribution in [0.2, 0.25) is 0 Å². The summed E-state index contributed by atoms with van der Waals surface area (Å²) in [6, 6.07) is 16.0. The molecule has 0 aliphatic rings. The van der Waals surface area contributed by atoms with Crippen molar-refractivity contribution in [3.63, 3.8) is 0 Å². The van der Waals surface area contributed by atoms with Crippen molar-refractivity contribution in [3.8, 4) is 5.75 Å². The summed E-state index contributed by atoms with van der Waals surface area (Å²) in [7, 11) is 5.68. The van der Waals surface area contributed by atoms with Crippen LogP contribution in [0.15, 0.2) is 48.5 Å². The third-order valence-corrected chi connectivity index (χ3v) is 5.61. The average molecular weight is 384 g/mol. The Kier molecular flexibility index (Phi) is 6.42. The molecule has 142 valence electrons. The number of carbonyl (C=O) groups excluding carboxylic acids is 1. The fraction of sp³-hybridized carbons (Fsp3) is 0.333. The van der Waals surface area contributed by atoms with Crippen molar-refractivity contribution in [1.29, 1.82) is 0 Å². The molecule has 1 aromatic heterocycles. The van der Waals surface area contributed by atoms with Crippen molar-refractivity contribution in [2.45, 2.75) is 18.9 Å². The van der Waals surface area contributed by atoms with Crippen molar-refractivity contribution >= 4 is 27.5 Å². The Hall–Kier alpha value is -2.44. The fourth-order valence-corrected chi connectivity index (χ4v) is 4.03. The molecule has 0 radical (unpaired) electrons. The number of fused-ring (bicyclic) bond motifs is 1. The molecule has 0 unspecified atom stereocenters. The fourth-order valence-electron chi connectivity index (χ4n) is 3.06. The molecule has 6 heteroatoms. The number of aromatic nitrogens is 1. The van der Waals surface area contributed by atoms with Crippen molar-refractivity contribution in [2.75, 3.05) is 27.7 Å². The van der Waals surface area contributed by atoms with Gasteiger partial charge in [-0.2, -0.15) is 0 Å². The predicted molar refractivity (Wildman–Crippen MR) is 110 cm³/mol. The van der Waals surface area contributed by atoms with E-state index in [-0.39, 0.29) is 11.9 Å². The van der Waals surface area contributed by atoms with Crippen LogP contribution in [0.3, 0.4) is 0 Å². The van der Waals surface area contributed by atoms with Gasteiger partial charge in [0.05, 0.1) is 28.4 Å². The van der Waals surface area contributed by atoms with E-state index in [9.17, 15) is 4.79 Å². The molecule has 27 heavy (non-hydrogen) atoms. The van der Waals surface area contributed by atoms with Gasteiger partial charge in [-0.25, -0.2) is 4.98 Å². The largest absolute Gasteiger partial charge is 0.496 e. The van der Waals surface area contributed by atoms with Crippen molar-refractivity contribution < 1.29 is 9.53 Å². The Balaban J connectivity index is 1.57. The van der Waals surface area contributed by atoms with Crippen LogP contribution in [0.4, 0.5) is 0 Å². The van der Waals surface area contributed by atoms with E-state index in [1.165, 1.54) is 0 Å². The maximum atomic E-state index is 12.4. The zero-order valence-electron chi connectivity index (χ0n) is 15.9. The highest BCUT2D eigenvalue weighted by Crippen LogP contribution is 2.27. The molecular weight excluding hydrogens is 358 g/mol. The first kappa shape index (κ1) is 19.3. The molecule has 1 N–H and O–H groups in total. The summed E-state index contributed by atoms with van der Waals surface area (Å²) < 4.78 is 6.63. The highest BCUT2D eigenvalue weighted by atomic mass is 32.1. The molecule has 0 fully saturated rings. The molecule has 1 heterocycles. The van der Waals surface area contributed by atoms with Gasteiger partial charge in [0.2, 0.25) is 5.91 Å². The van der Waals surface area contributed by atoms with E-state index in [1.54, 1.807) is 18.4 Å². The van der Waals surface area contributed by atoms with Gasteiger partial charge < -0.3 is 15.0 Å². The molecule has 5 nitrogen and oxygen atoms in total. The topological polar surface area (TPSA) is 54.5 Å². The zero-order chi connectivity index (χ0) is 19.2. The van der Waals surface area contributed by atoms with Gasteiger partial charge >= 0.3 is 0 Å². The van der Waals surface area contributed by atoms with E-state index in [0.29, 0.717) is 19.4 Å². The number of carbonyl (C=O) groups is 1. The molecule has 0 aliphatic carbocycles. The van der Waals surface area contributed by atoms with Crippen molar-refractivity contribution in [2.24, 2.45) is 0 Å². The number of hydrogen-bond donors (Lipinski definition) is 1. The van der Waals surface area contributed by atoms with Crippen LogP contribution in [-0.2, 0) is 11.2 Å². The lowest BCUT2D eigenvalue weighted by molar-refractivity contribution is -0.121. The molecule has 0 saturated carbocycles. The summed E-state index contributed by atoms with van der Waals surface area (Å²) >= 11 is 1.65. The van der Waals surface area contributed by atoms with Gasteiger partial charge in [-0.15, -0.1) is 11.3 Å². The molecule has 0 spiro atoms. The number of para-hydroxylation sites is 2. The monoisotopic (exact) mass is 383 g/mol. The Morgan fingerprint density at radius 3 is 2.67 bits per heavy atom. The molecule has 3 aromatic rings. The molecule has 1 amide bonds. The third-order valence-electron chi connectivity index (χ3n) is 4.52. The zero-order valence-corrected chi connectivity index (χ0v) is 16.8. The van der Waals surface area contributed by atoms with E-state index < -0.39 is 0 Å². The Morgan fingerprint density at radius 2 is 1.93 bits per heavy atom. The summed E-state index contributed by atoms with van der Waals surface area (Å²) in [6.45, 7) is 0.534. The van der Waals surface area contributed by atoms with Crippen LogP contribution in [-0.4, -0.2) is 43.5 Å². The van der Waals surface area contributed by atoms with Gasteiger partial charge in [0.1, 0.15) is 5.75 Å². The van der Waals surface area contributed by atoms with Crippen LogP contribution in [0.25, 0.3) is 10.2 Å². The highest BCUT2D eigenvalue weighted by Gasteiger charge is 2.19. The molecule has 3 rings (SSSR count). The minimum absolute atomic E-state index is 0.0380. The van der Waals surface area contributed by atoms with Crippen LogP contribution in [0.1, 0.15) is 23.0 Å². The first-order valence-electron chi connectivity index (χ1n) is 8.99. The van der Waals surface area contributed by atoms with E-state index >= 15 is 0 Å². The minimum Gasteiger partial charge on any atom is -0.496 e. The number of methoxy groups -OCH3 is 1. The third kappa shape index (κ3) is 4.84. The first-order valence-corrected chi connectivity index (χ1v) is 9.80. The molecule has 2 aromatic carbocycles. The Morgan fingerprint density at radius 1 is 1.19 bits per heavy atom. The maximum Gasteiger partial charge on any atom is 0.220 e. The second kappa shape index (κ2) is 8.97. The number of likely N-dealkylation sites (N-methyl/N-ethyl adjacent to an activating group) is 1. The normalized spacial score (nSPS) is 12.3. The molecular formula is C21H25N3O2S. The number of nitrogens with one attached hydrogen (secondary N) is 1. The standard InChI is InChI=1S/C21H25N3O2S/c1-24(2)17(15-8-4-6-10-18(15)26-3)14-22-20(25)12-13-21-23-16-9-5-7-11-19(16)27-21/h4-11,17H,12-14H2,1-3H3,(H,22,25)/t17-/m0/s1. The van der Waals surface area contributed by atoms with Crippen molar-refractivity contribution in [1.82, 2.24) is 15.2 Å². The van der Waals surface area contributed by atoms with Gasteiger partial charge in [0.25, 0.3) is 0 Å². The van der Waals surface area contributed by atoms with Crippen LogP contribution in [0, 0.1) is 0 Å². The average Bonchev–Trinajstić information content (AvgIpc) is 3.09. The number of hydrogen-bond acceptors (Lipinski definition) is 5. The van der Waals surface area contributed by atoms with Gasteiger partial charge in [0.15, 0.2) is 0 Å².